The number of piperidine rings is 1. The molecule has 8 heteroatoms. The average Bonchev–Trinajstić information content (AvgIpc) is 2.82. The molecule has 1 amide bonds. The zero-order chi connectivity index (χ0) is 23.6. The summed E-state index contributed by atoms with van der Waals surface area (Å²) < 4.78 is 16.5. The number of para-hydroxylation sites is 1. The molecule has 0 spiro atoms. The van der Waals surface area contributed by atoms with Gasteiger partial charge in [-0.3, -0.25) is 4.90 Å². The molecule has 2 aliphatic rings. The summed E-state index contributed by atoms with van der Waals surface area (Å²) in [6.07, 6.45) is 2.90. The largest absolute Gasteiger partial charge is 0.472 e. The van der Waals surface area contributed by atoms with Crippen molar-refractivity contribution >= 4 is 17.9 Å². The number of carbonyl (C=O) groups is 2. The highest BCUT2D eigenvalue weighted by molar-refractivity contribution is 5.95. The number of fused-ring (bicyclic) bond motifs is 1. The maximum absolute atomic E-state index is 12.5. The number of ether oxygens (including phenoxy) is 3. The molecule has 0 atom stereocenters. The first-order valence-corrected chi connectivity index (χ1v) is 11.3. The normalized spacial score (nSPS) is 16.0. The van der Waals surface area contributed by atoms with Gasteiger partial charge in [-0.25, -0.2) is 14.6 Å². The predicted octanol–water partition coefficient (Wildman–Crippen LogP) is 4.61. The Bertz CT molecular complexity index is 1040. The molecule has 0 bridgehead atoms. The Morgan fingerprint density at radius 2 is 1.82 bits per heavy atom. The van der Waals surface area contributed by atoms with E-state index in [0.29, 0.717) is 29.4 Å². The zero-order valence-corrected chi connectivity index (χ0v) is 19.7. The van der Waals surface area contributed by atoms with E-state index < -0.39 is 17.7 Å². The summed E-state index contributed by atoms with van der Waals surface area (Å²) in [6, 6.07) is 9.39. The lowest BCUT2D eigenvalue weighted by Crippen LogP contribution is -2.40. The number of rotatable bonds is 3. The fourth-order valence-corrected chi connectivity index (χ4v) is 4.13. The fourth-order valence-electron chi connectivity index (χ4n) is 4.13. The van der Waals surface area contributed by atoms with Gasteiger partial charge in [0.2, 0.25) is 0 Å². The SMILES string of the molecule is COC(=O)c1ccc(-c2cccc3c2OCN(C(=O)OC(C)(C)C)C3)nc1N1CCCCC1. The van der Waals surface area contributed by atoms with Crippen molar-refractivity contribution in [2.24, 2.45) is 0 Å². The molecule has 1 saturated heterocycles. The summed E-state index contributed by atoms with van der Waals surface area (Å²) in [5, 5.41) is 0. The first-order valence-electron chi connectivity index (χ1n) is 11.3. The van der Waals surface area contributed by atoms with E-state index in [1.54, 1.807) is 6.07 Å². The highest BCUT2D eigenvalue weighted by Gasteiger charge is 2.29. The Hall–Kier alpha value is -3.29. The number of aromatic nitrogens is 1. The van der Waals surface area contributed by atoms with Gasteiger partial charge >= 0.3 is 12.1 Å². The maximum Gasteiger partial charge on any atom is 0.413 e. The van der Waals surface area contributed by atoms with Crippen molar-refractivity contribution in [3.63, 3.8) is 0 Å². The molecule has 1 aromatic carbocycles. The van der Waals surface area contributed by atoms with Gasteiger partial charge in [-0.15, -0.1) is 0 Å². The van der Waals surface area contributed by atoms with E-state index in [0.717, 1.165) is 37.1 Å². The van der Waals surface area contributed by atoms with Gasteiger partial charge in [0.05, 0.1) is 19.3 Å². The minimum Gasteiger partial charge on any atom is -0.472 e. The third-order valence-corrected chi connectivity index (χ3v) is 5.69. The molecule has 0 saturated carbocycles. The number of pyridine rings is 1. The second-order valence-corrected chi connectivity index (χ2v) is 9.35. The van der Waals surface area contributed by atoms with E-state index in [9.17, 15) is 9.59 Å². The third kappa shape index (κ3) is 5.05. The third-order valence-electron chi connectivity index (χ3n) is 5.69. The van der Waals surface area contributed by atoms with Crippen molar-refractivity contribution in [3.8, 4) is 17.0 Å². The van der Waals surface area contributed by atoms with Crippen LogP contribution >= 0.6 is 0 Å². The van der Waals surface area contributed by atoms with Crippen LogP contribution in [0.2, 0.25) is 0 Å². The Kier molecular flexibility index (Phi) is 6.44. The van der Waals surface area contributed by atoms with Crippen molar-refractivity contribution < 1.29 is 23.8 Å². The Labute approximate surface area is 194 Å². The minimum atomic E-state index is -0.574. The molecule has 1 aromatic heterocycles. The molecule has 4 rings (SSSR count). The molecular formula is C25H31N3O5. The summed E-state index contributed by atoms with van der Waals surface area (Å²) in [5.41, 5.74) is 2.31. The van der Waals surface area contributed by atoms with Crippen molar-refractivity contribution in [2.75, 3.05) is 31.8 Å². The van der Waals surface area contributed by atoms with Crippen LogP contribution in [-0.4, -0.2) is 54.5 Å². The van der Waals surface area contributed by atoms with E-state index in [4.69, 9.17) is 19.2 Å². The molecule has 3 heterocycles. The molecule has 0 unspecified atom stereocenters. The van der Waals surface area contributed by atoms with Crippen molar-refractivity contribution in [1.29, 1.82) is 0 Å². The Morgan fingerprint density at radius 3 is 2.52 bits per heavy atom. The summed E-state index contributed by atoms with van der Waals surface area (Å²) in [5.74, 6) is 0.942. The summed E-state index contributed by atoms with van der Waals surface area (Å²) >= 11 is 0. The molecule has 0 aliphatic carbocycles. The highest BCUT2D eigenvalue weighted by atomic mass is 16.6. The number of anilines is 1. The number of methoxy groups -OCH3 is 1. The first kappa shape index (κ1) is 22.9. The quantitative estimate of drug-likeness (QED) is 0.628. The molecule has 2 aliphatic heterocycles. The number of hydrogen-bond donors (Lipinski definition) is 0. The van der Waals surface area contributed by atoms with E-state index in [2.05, 4.69) is 4.90 Å². The van der Waals surface area contributed by atoms with E-state index in [1.807, 2.05) is 45.0 Å². The zero-order valence-electron chi connectivity index (χ0n) is 19.7. The van der Waals surface area contributed by atoms with Gasteiger partial charge < -0.3 is 19.1 Å². The van der Waals surface area contributed by atoms with Gasteiger partial charge in [0.1, 0.15) is 22.7 Å². The first-order chi connectivity index (χ1) is 15.8. The Balaban J connectivity index is 1.66. The number of carbonyl (C=O) groups excluding carboxylic acids is 2. The van der Waals surface area contributed by atoms with Crippen LogP contribution in [-0.2, 0) is 16.0 Å². The van der Waals surface area contributed by atoms with Crippen LogP contribution in [0.25, 0.3) is 11.3 Å². The van der Waals surface area contributed by atoms with E-state index in [-0.39, 0.29) is 6.73 Å². The molecule has 2 aromatic rings. The number of benzene rings is 1. The van der Waals surface area contributed by atoms with Crippen molar-refractivity contribution in [3.05, 3.63) is 41.5 Å². The molecule has 1 fully saturated rings. The average molecular weight is 454 g/mol. The van der Waals surface area contributed by atoms with Gasteiger partial charge in [-0.1, -0.05) is 12.1 Å². The highest BCUT2D eigenvalue weighted by Crippen LogP contribution is 2.37. The fraction of sp³-hybridized carbons (Fsp3) is 0.480. The molecule has 0 radical (unpaired) electrons. The van der Waals surface area contributed by atoms with Gasteiger partial charge in [0, 0.05) is 24.2 Å². The predicted molar refractivity (Wildman–Crippen MR) is 124 cm³/mol. The molecule has 8 nitrogen and oxygen atoms in total. The van der Waals surface area contributed by atoms with Gasteiger partial charge in [0.15, 0.2) is 6.73 Å². The van der Waals surface area contributed by atoms with Gasteiger partial charge in [-0.05, 0) is 58.2 Å². The van der Waals surface area contributed by atoms with Crippen molar-refractivity contribution in [1.82, 2.24) is 9.88 Å². The summed E-state index contributed by atoms with van der Waals surface area (Å²) in [6.45, 7) is 7.71. The lowest BCUT2D eigenvalue weighted by atomic mass is 10.0. The van der Waals surface area contributed by atoms with Gasteiger partial charge in [0.25, 0.3) is 0 Å². The smallest absolute Gasteiger partial charge is 0.413 e. The summed E-state index contributed by atoms with van der Waals surface area (Å²) in [7, 11) is 1.38. The number of hydrogen-bond acceptors (Lipinski definition) is 7. The topological polar surface area (TPSA) is 81.2 Å². The van der Waals surface area contributed by atoms with Crippen LogP contribution in [0.15, 0.2) is 30.3 Å². The standard InChI is InChI=1S/C25H31N3O5/c1-25(2,3)33-24(30)28-15-17-9-8-10-18(21(17)32-16-28)20-12-11-19(23(29)31-4)22(26-20)27-13-6-5-7-14-27/h8-12H,5-7,13-16H2,1-4H3. The van der Waals surface area contributed by atoms with E-state index in [1.165, 1.54) is 18.4 Å². The lowest BCUT2D eigenvalue weighted by molar-refractivity contribution is 0.00248. The van der Waals surface area contributed by atoms with Crippen LogP contribution in [0.3, 0.4) is 0 Å². The second-order valence-electron chi connectivity index (χ2n) is 9.35. The molecule has 176 valence electrons. The van der Waals surface area contributed by atoms with Crippen molar-refractivity contribution in [2.45, 2.75) is 52.2 Å². The van der Waals surface area contributed by atoms with Crippen LogP contribution in [0.4, 0.5) is 10.6 Å². The van der Waals surface area contributed by atoms with Crippen LogP contribution in [0.1, 0.15) is 56.0 Å². The molecule has 33 heavy (non-hydrogen) atoms. The lowest BCUT2D eigenvalue weighted by Gasteiger charge is -2.32. The molecular weight excluding hydrogens is 422 g/mol. The summed E-state index contributed by atoms with van der Waals surface area (Å²) in [4.78, 5) is 33.5. The second kappa shape index (κ2) is 9.29. The Morgan fingerprint density at radius 1 is 1.06 bits per heavy atom. The monoisotopic (exact) mass is 453 g/mol. The van der Waals surface area contributed by atoms with Crippen LogP contribution < -0.4 is 9.64 Å². The van der Waals surface area contributed by atoms with E-state index >= 15 is 0 Å². The van der Waals surface area contributed by atoms with Crippen LogP contribution in [0, 0.1) is 0 Å². The minimum absolute atomic E-state index is 0.0954. The number of nitrogens with zero attached hydrogens (tertiary/aromatic N) is 3. The number of esters is 1. The van der Waals surface area contributed by atoms with Gasteiger partial charge in [-0.2, -0.15) is 0 Å². The maximum atomic E-state index is 12.5. The van der Waals surface area contributed by atoms with Crippen LogP contribution in [0.5, 0.6) is 5.75 Å². The number of amides is 1. The molecule has 0 N–H and O–H groups in total.